The Labute approximate surface area is 143 Å². The van der Waals surface area contributed by atoms with Crippen LogP contribution < -0.4 is 4.90 Å². The van der Waals surface area contributed by atoms with E-state index in [9.17, 15) is 0 Å². The molecule has 0 amide bonds. The Morgan fingerprint density at radius 1 is 1.33 bits per heavy atom. The predicted molar refractivity (Wildman–Crippen MR) is 92.7 cm³/mol. The first-order valence-corrected chi connectivity index (χ1v) is 8.38. The van der Waals surface area contributed by atoms with E-state index in [-0.39, 0.29) is 6.10 Å². The first kappa shape index (κ1) is 16.9. The van der Waals surface area contributed by atoms with Gasteiger partial charge in [0.05, 0.1) is 18.4 Å². The van der Waals surface area contributed by atoms with Gasteiger partial charge >= 0.3 is 0 Å². The lowest BCUT2D eigenvalue weighted by molar-refractivity contribution is 0.0891. The molecular formula is C18H26N4O2. The molecule has 1 aliphatic carbocycles. The second-order valence-corrected chi connectivity index (χ2v) is 6.48. The maximum absolute atomic E-state index is 5.73. The van der Waals surface area contributed by atoms with Crippen molar-refractivity contribution in [2.24, 2.45) is 13.0 Å². The number of hydrogen-bond donors (Lipinski definition) is 0. The summed E-state index contributed by atoms with van der Waals surface area (Å²) in [6.45, 7) is 2.13. The van der Waals surface area contributed by atoms with Crippen LogP contribution in [0.25, 0.3) is 0 Å². The van der Waals surface area contributed by atoms with Crippen molar-refractivity contribution in [1.29, 1.82) is 0 Å². The van der Waals surface area contributed by atoms with Crippen LogP contribution in [-0.4, -0.2) is 41.4 Å². The molecule has 0 radical (unpaired) electrons. The molecule has 6 heteroatoms. The van der Waals surface area contributed by atoms with Gasteiger partial charge in [-0.25, -0.2) is 9.97 Å². The minimum absolute atomic E-state index is 0.245. The molecule has 1 aliphatic rings. The van der Waals surface area contributed by atoms with E-state index in [1.807, 2.05) is 13.1 Å². The fourth-order valence-corrected chi connectivity index (χ4v) is 3.00. The van der Waals surface area contributed by atoms with Crippen molar-refractivity contribution < 1.29 is 9.47 Å². The van der Waals surface area contributed by atoms with Gasteiger partial charge in [-0.15, -0.1) is 0 Å². The van der Waals surface area contributed by atoms with E-state index in [1.54, 1.807) is 20.5 Å². The molecule has 0 aromatic carbocycles. The summed E-state index contributed by atoms with van der Waals surface area (Å²) in [4.78, 5) is 11.0. The van der Waals surface area contributed by atoms with Gasteiger partial charge in [-0.05, 0) is 30.4 Å². The smallest absolute Gasteiger partial charge is 0.132 e. The normalized spacial score (nSPS) is 15.5. The highest BCUT2D eigenvalue weighted by atomic mass is 16.5. The van der Waals surface area contributed by atoms with Crippen molar-refractivity contribution >= 4 is 5.82 Å². The molecule has 6 nitrogen and oxygen atoms in total. The quantitative estimate of drug-likeness (QED) is 0.707. The lowest BCUT2D eigenvalue weighted by Gasteiger charge is -2.28. The third-order valence-electron chi connectivity index (χ3n) is 4.44. The van der Waals surface area contributed by atoms with Crippen LogP contribution in [-0.2, 0) is 29.7 Å². The van der Waals surface area contributed by atoms with Gasteiger partial charge in [-0.2, -0.15) is 0 Å². The number of hydrogen-bond acceptors (Lipinski definition) is 5. The number of aryl methyl sites for hydroxylation is 1. The first-order valence-electron chi connectivity index (χ1n) is 8.38. The van der Waals surface area contributed by atoms with Gasteiger partial charge in [0.15, 0.2) is 0 Å². The summed E-state index contributed by atoms with van der Waals surface area (Å²) in [6, 6.07) is 4.15. The summed E-state index contributed by atoms with van der Waals surface area (Å²) in [7, 11) is 5.52. The van der Waals surface area contributed by atoms with Crippen molar-refractivity contribution in [1.82, 2.24) is 14.5 Å². The van der Waals surface area contributed by atoms with Crippen LogP contribution in [0.4, 0.5) is 5.82 Å². The van der Waals surface area contributed by atoms with Crippen LogP contribution in [0.2, 0.25) is 0 Å². The third kappa shape index (κ3) is 4.33. The Morgan fingerprint density at radius 2 is 2.17 bits per heavy atom. The number of aromatic nitrogens is 3. The Hall–Kier alpha value is -1.92. The first-order chi connectivity index (χ1) is 11.7. The predicted octanol–water partition coefficient (Wildman–Crippen LogP) is 2.39. The molecule has 3 rings (SSSR count). The highest BCUT2D eigenvalue weighted by molar-refractivity contribution is 5.40. The molecule has 0 aliphatic heterocycles. The Balaban J connectivity index is 1.81. The van der Waals surface area contributed by atoms with E-state index in [2.05, 4.69) is 37.9 Å². The minimum Gasteiger partial charge on any atom is -0.379 e. The van der Waals surface area contributed by atoms with Gasteiger partial charge in [-0.3, -0.25) is 0 Å². The van der Waals surface area contributed by atoms with Gasteiger partial charge in [0.2, 0.25) is 0 Å². The van der Waals surface area contributed by atoms with Gasteiger partial charge in [0.1, 0.15) is 12.1 Å². The second kappa shape index (κ2) is 7.77. The van der Waals surface area contributed by atoms with Gasteiger partial charge in [-0.1, -0.05) is 0 Å². The van der Waals surface area contributed by atoms with Crippen LogP contribution in [0.1, 0.15) is 24.1 Å². The summed E-state index contributed by atoms with van der Waals surface area (Å²) in [6.07, 6.45) is 8.59. The summed E-state index contributed by atoms with van der Waals surface area (Å²) in [5, 5.41) is 0. The summed E-state index contributed by atoms with van der Waals surface area (Å²) < 4.78 is 13.0. The van der Waals surface area contributed by atoms with Crippen LogP contribution in [0.3, 0.4) is 0 Å². The molecule has 0 spiro atoms. The Morgan fingerprint density at radius 3 is 2.79 bits per heavy atom. The van der Waals surface area contributed by atoms with Crippen molar-refractivity contribution in [3.8, 4) is 0 Å². The van der Waals surface area contributed by atoms with Crippen molar-refractivity contribution in [2.75, 3.05) is 25.7 Å². The number of rotatable bonds is 9. The maximum Gasteiger partial charge on any atom is 0.132 e. The Bertz CT molecular complexity index is 654. The van der Waals surface area contributed by atoms with E-state index in [0.29, 0.717) is 12.5 Å². The zero-order valence-corrected chi connectivity index (χ0v) is 14.7. The van der Waals surface area contributed by atoms with Crippen molar-refractivity contribution in [3.05, 3.63) is 42.1 Å². The second-order valence-electron chi connectivity index (χ2n) is 6.48. The molecular weight excluding hydrogens is 304 g/mol. The molecule has 0 saturated heterocycles. The largest absolute Gasteiger partial charge is 0.379 e. The van der Waals surface area contributed by atoms with Crippen LogP contribution in [0.15, 0.2) is 30.9 Å². The van der Waals surface area contributed by atoms with Gasteiger partial charge < -0.3 is 18.9 Å². The minimum atomic E-state index is 0.245. The molecule has 0 bridgehead atoms. The number of ether oxygens (including phenoxy) is 2. The molecule has 24 heavy (non-hydrogen) atoms. The van der Waals surface area contributed by atoms with Gasteiger partial charge in [0.25, 0.3) is 0 Å². The molecule has 130 valence electrons. The molecule has 1 atom stereocenters. The highest BCUT2D eigenvalue weighted by Crippen LogP contribution is 2.35. The summed E-state index contributed by atoms with van der Waals surface area (Å²) in [5.41, 5.74) is 2.15. The average molecular weight is 330 g/mol. The standard InChI is InChI=1S/C18H26N4O2/c1-21-7-6-14(9-21)10-22(11-17(24-3)15-4-5-15)18-8-16(12-23-2)19-13-20-18/h6-9,13,15,17H,4-5,10-12H2,1-3H3. The topological polar surface area (TPSA) is 52.4 Å². The van der Waals surface area contributed by atoms with Crippen LogP contribution in [0.5, 0.6) is 0 Å². The molecule has 1 saturated carbocycles. The third-order valence-corrected chi connectivity index (χ3v) is 4.44. The van der Waals surface area contributed by atoms with Crippen molar-refractivity contribution in [3.63, 3.8) is 0 Å². The number of methoxy groups -OCH3 is 2. The highest BCUT2D eigenvalue weighted by Gasteiger charge is 2.33. The molecule has 2 aromatic rings. The molecule has 1 unspecified atom stereocenters. The lowest BCUT2D eigenvalue weighted by atomic mass is 10.2. The van der Waals surface area contributed by atoms with E-state index in [4.69, 9.17) is 9.47 Å². The van der Waals surface area contributed by atoms with E-state index < -0.39 is 0 Å². The molecule has 2 heterocycles. The fraction of sp³-hybridized carbons (Fsp3) is 0.556. The molecule has 0 N–H and O–H groups in total. The van der Waals surface area contributed by atoms with E-state index in [0.717, 1.165) is 24.6 Å². The molecule has 1 fully saturated rings. The fourth-order valence-electron chi connectivity index (χ4n) is 3.00. The SMILES string of the molecule is COCc1cc(N(Cc2ccn(C)c2)CC(OC)C2CC2)ncn1. The van der Waals surface area contributed by atoms with E-state index >= 15 is 0 Å². The average Bonchev–Trinajstić information content (AvgIpc) is 3.34. The maximum atomic E-state index is 5.73. The zero-order chi connectivity index (χ0) is 16.9. The lowest BCUT2D eigenvalue weighted by Crippen LogP contribution is -2.35. The van der Waals surface area contributed by atoms with E-state index in [1.165, 1.54) is 18.4 Å². The summed E-state index contributed by atoms with van der Waals surface area (Å²) >= 11 is 0. The van der Waals surface area contributed by atoms with Crippen LogP contribution in [0, 0.1) is 5.92 Å². The number of nitrogens with zero attached hydrogens (tertiary/aromatic N) is 4. The van der Waals surface area contributed by atoms with Gasteiger partial charge in [0, 0.05) is 52.8 Å². The Kier molecular flexibility index (Phi) is 5.48. The zero-order valence-electron chi connectivity index (χ0n) is 14.7. The molecule has 2 aromatic heterocycles. The number of anilines is 1. The monoisotopic (exact) mass is 330 g/mol. The summed E-state index contributed by atoms with van der Waals surface area (Å²) in [5.74, 6) is 1.59. The van der Waals surface area contributed by atoms with Crippen LogP contribution >= 0.6 is 0 Å². The van der Waals surface area contributed by atoms with Crippen molar-refractivity contribution in [2.45, 2.75) is 32.1 Å².